The second kappa shape index (κ2) is 9.48. The van der Waals surface area contributed by atoms with Crippen LogP contribution in [0, 0.1) is 17.2 Å². The van der Waals surface area contributed by atoms with Crippen molar-refractivity contribution >= 4 is 47.6 Å². The van der Waals surface area contributed by atoms with Gasteiger partial charge in [0.15, 0.2) is 0 Å². The summed E-state index contributed by atoms with van der Waals surface area (Å²) in [6.45, 7) is 0. The standard InChI is InChI=1S/C34H27N3O5Se/c1-41-22-15-13-21(14-16-22)36-30-26-17-33(19-35,34(40)25-12-6-8-20-7-5-11-24(28(20)25)31(34)38)42-37(26)27(29(30)32(36)39)18-43-23-9-3-2-4-10-23/h2-16,26-27,29-30,40H,17-18H2,1H3/t26-,27-,29-,30+,33?,34+/m1/s1. The van der Waals surface area contributed by atoms with E-state index in [-0.39, 0.29) is 51.3 Å². The number of nitriles is 1. The van der Waals surface area contributed by atoms with Crippen LogP contribution in [0.5, 0.6) is 5.75 Å². The third-order valence-electron chi connectivity index (χ3n) is 9.56. The molecule has 3 heterocycles. The number of carbonyl (C=O) groups excluding carboxylic acids is 2. The van der Waals surface area contributed by atoms with Gasteiger partial charge in [-0.25, -0.2) is 0 Å². The van der Waals surface area contributed by atoms with E-state index in [1.807, 2.05) is 54.6 Å². The monoisotopic (exact) mass is 637 g/mol. The summed E-state index contributed by atoms with van der Waals surface area (Å²) in [7, 11) is 1.60. The van der Waals surface area contributed by atoms with Crippen LogP contribution in [-0.4, -0.2) is 67.7 Å². The van der Waals surface area contributed by atoms with Gasteiger partial charge in [-0.15, -0.1) is 0 Å². The molecule has 1 N–H and O–H groups in total. The van der Waals surface area contributed by atoms with Crippen LogP contribution in [0.1, 0.15) is 22.3 Å². The molecule has 1 amide bonds. The molecule has 9 heteroatoms. The normalized spacial score (nSPS) is 30.7. The van der Waals surface area contributed by atoms with Crippen LogP contribution in [0.15, 0.2) is 91.0 Å². The molecule has 0 aromatic heterocycles. The van der Waals surface area contributed by atoms with Gasteiger partial charge >= 0.3 is 255 Å². The second-order valence-electron chi connectivity index (χ2n) is 11.5. The molecule has 1 unspecified atom stereocenters. The van der Waals surface area contributed by atoms with Crippen molar-refractivity contribution in [3.05, 3.63) is 102 Å². The van der Waals surface area contributed by atoms with E-state index in [0.717, 1.165) is 11.1 Å². The van der Waals surface area contributed by atoms with Crippen LogP contribution in [0.2, 0.25) is 5.32 Å². The molecule has 3 fully saturated rings. The van der Waals surface area contributed by atoms with Gasteiger partial charge in [0, 0.05) is 0 Å². The number of hydrogen-bond acceptors (Lipinski definition) is 7. The summed E-state index contributed by atoms with van der Waals surface area (Å²) in [4.78, 5) is 36.2. The molecule has 8 rings (SSSR count). The van der Waals surface area contributed by atoms with Crippen molar-refractivity contribution in [2.24, 2.45) is 5.92 Å². The predicted octanol–water partition coefficient (Wildman–Crippen LogP) is 3.36. The summed E-state index contributed by atoms with van der Waals surface area (Å²) >= 11 is 0.0370. The number of nitrogens with zero attached hydrogens (tertiary/aromatic N) is 3. The van der Waals surface area contributed by atoms with Crippen molar-refractivity contribution in [3.63, 3.8) is 0 Å². The molecule has 8 nitrogen and oxygen atoms in total. The molecule has 1 aliphatic carbocycles. The second-order valence-corrected chi connectivity index (χ2v) is 13.8. The summed E-state index contributed by atoms with van der Waals surface area (Å²) < 4.78 is 6.52. The molecule has 4 aromatic carbocycles. The van der Waals surface area contributed by atoms with E-state index in [1.54, 1.807) is 41.3 Å². The number of hydrogen-bond donors (Lipinski definition) is 1. The van der Waals surface area contributed by atoms with E-state index in [1.165, 1.54) is 4.46 Å². The Morgan fingerprint density at radius 2 is 1.77 bits per heavy atom. The van der Waals surface area contributed by atoms with Gasteiger partial charge in [0.05, 0.1) is 0 Å². The number of hydroxylamine groups is 2. The first-order chi connectivity index (χ1) is 20.9. The van der Waals surface area contributed by atoms with E-state index < -0.39 is 17.0 Å². The number of fused-ring (bicyclic) bond motifs is 3. The molecular weight excluding hydrogens is 609 g/mol. The van der Waals surface area contributed by atoms with E-state index in [2.05, 4.69) is 18.2 Å². The van der Waals surface area contributed by atoms with Crippen LogP contribution in [0.3, 0.4) is 0 Å². The van der Waals surface area contributed by atoms with Crippen molar-refractivity contribution in [2.75, 3.05) is 12.0 Å². The van der Waals surface area contributed by atoms with Crippen LogP contribution in [-0.2, 0) is 15.2 Å². The number of carbonyl (C=O) groups is 2. The fourth-order valence-corrected chi connectivity index (χ4v) is 9.82. The van der Waals surface area contributed by atoms with E-state index in [9.17, 15) is 20.0 Å². The molecule has 0 spiro atoms. The average molecular weight is 637 g/mol. The van der Waals surface area contributed by atoms with Gasteiger partial charge in [-0.1, -0.05) is 0 Å². The van der Waals surface area contributed by atoms with Gasteiger partial charge in [0.2, 0.25) is 0 Å². The Bertz CT molecular complexity index is 1840. The average Bonchev–Trinajstić information content (AvgIpc) is 3.63. The molecule has 0 bridgehead atoms. The first-order valence-electron chi connectivity index (χ1n) is 14.2. The van der Waals surface area contributed by atoms with E-state index in [0.29, 0.717) is 27.6 Å². The van der Waals surface area contributed by atoms with Crippen LogP contribution in [0.4, 0.5) is 5.69 Å². The molecule has 43 heavy (non-hydrogen) atoms. The third-order valence-corrected chi connectivity index (χ3v) is 11.9. The zero-order chi connectivity index (χ0) is 29.5. The zero-order valence-electron chi connectivity index (χ0n) is 23.2. The summed E-state index contributed by atoms with van der Waals surface area (Å²) in [5, 5.41) is 27.2. The Morgan fingerprint density at radius 1 is 1.02 bits per heavy atom. The fraction of sp³-hybridized carbons (Fsp3) is 0.265. The summed E-state index contributed by atoms with van der Waals surface area (Å²) in [6.07, 6.45) is 0.0755. The van der Waals surface area contributed by atoms with Crippen molar-refractivity contribution < 1.29 is 24.3 Å². The van der Waals surface area contributed by atoms with Gasteiger partial charge in [0.25, 0.3) is 0 Å². The Morgan fingerprint density at radius 3 is 2.49 bits per heavy atom. The fourth-order valence-electron chi connectivity index (χ4n) is 7.58. The number of ether oxygens (including phenoxy) is 1. The Labute approximate surface area is 254 Å². The van der Waals surface area contributed by atoms with Crippen LogP contribution in [0.25, 0.3) is 10.8 Å². The molecule has 3 aliphatic heterocycles. The molecule has 6 atom stereocenters. The third kappa shape index (κ3) is 3.47. The molecule has 4 aliphatic rings. The van der Waals surface area contributed by atoms with Gasteiger partial charge in [-0.2, -0.15) is 0 Å². The minimum absolute atomic E-state index is 0.0115. The molecular formula is C34H27N3O5Se. The van der Waals surface area contributed by atoms with Gasteiger partial charge in [-0.05, 0) is 0 Å². The first kappa shape index (κ1) is 26.6. The number of benzene rings is 4. The van der Waals surface area contributed by atoms with Gasteiger partial charge < -0.3 is 0 Å². The molecule has 3 saturated heterocycles. The predicted molar refractivity (Wildman–Crippen MR) is 160 cm³/mol. The molecule has 214 valence electrons. The van der Waals surface area contributed by atoms with Crippen molar-refractivity contribution in [2.45, 2.75) is 41.1 Å². The van der Waals surface area contributed by atoms with Crippen molar-refractivity contribution in [1.82, 2.24) is 5.06 Å². The topological polar surface area (TPSA) is 103 Å². The quantitative estimate of drug-likeness (QED) is 0.256. The number of anilines is 1. The number of β-lactam (4-membered cyclic amide) rings is 1. The van der Waals surface area contributed by atoms with Crippen molar-refractivity contribution in [3.8, 4) is 11.8 Å². The number of aliphatic hydroxyl groups is 1. The van der Waals surface area contributed by atoms with Gasteiger partial charge in [0.1, 0.15) is 0 Å². The van der Waals surface area contributed by atoms with E-state index >= 15 is 0 Å². The number of ketones is 1. The number of methoxy groups -OCH3 is 1. The van der Waals surface area contributed by atoms with E-state index in [4.69, 9.17) is 9.57 Å². The maximum atomic E-state index is 14.0. The Hall–Kier alpha value is -4.03. The minimum atomic E-state index is -2.20. The molecule has 4 aromatic rings. The summed E-state index contributed by atoms with van der Waals surface area (Å²) in [5.74, 6) is -0.144. The first-order valence-corrected chi connectivity index (χ1v) is 16.3. The van der Waals surface area contributed by atoms with Crippen molar-refractivity contribution in [1.29, 1.82) is 5.26 Å². The maximum absolute atomic E-state index is 14.0. The number of amides is 1. The SMILES string of the molecule is COc1ccc(N2C(=O)[C@H]3[C@@H]2[C@H]2CC(C#N)([C@@]4(O)C(=O)c5cccc6cccc4c56)ON2[C@@H]3C[Se]c2ccccc2)cc1. The number of rotatable bonds is 6. The Balaban J connectivity index is 1.20. The van der Waals surface area contributed by atoms with Gasteiger partial charge in [-0.3, -0.25) is 0 Å². The van der Waals surface area contributed by atoms with Crippen LogP contribution >= 0.6 is 0 Å². The molecule has 0 saturated carbocycles. The molecule has 0 radical (unpaired) electrons. The Kier molecular flexibility index (Phi) is 5.86. The summed E-state index contributed by atoms with van der Waals surface area (Å²) in [6, 6.07) is 29.6. The zero-order valence-corrected chi connectivity index (χ0v) is 24.9. The van der Waals surface area contributed by atoms with Crippen LogP contribution < -0.4 is 14.1 Å². The number of Topliss-reactive ketones (excluding diaryl/α,β-unsaturated/α-hetero) is 1. The summed E-state index contributed by atoms with van der Waals surface area (Å²) in [5.41, 5.74) is -2.54.